The molecule has 1 rings (SSSR count). The molecule has 0 atom stereocenters. The minimum absolute atomic E-state index is 0.0813. The fraction of sp³-hybridized carbons (Fsp3) is 0.444. The third-order valence-corrected chi connectivity index (χ3v) is 3.57. The lowest BCUT2D eigenvalue weighted by Crippen LogP contribution is -2.42. The molecule has 8 nitrogen and oxygen atoms in total. The van der Waals surface area contributed by atoms with Gasteiger partial charge in [0.05, 0.1) is 10.7 Å². The number of anilines is 1. The number of aromatic carboxylic acids is 1. The highest BCUT2D eigenvalue weighted by atomic mass is 35.5. The number of nitrogens with zero attached hydrogens (tertiary/aromatic N) is 1. The van der Waals surface area contributed by atoms with E-state index in [0.717, 1.165) is 0 Å². The van der Waals surface area contributed by atoms with Crippen molar-refractivity contribution in [2.24, 2.45) is 7.05 Å². The van der Waals surface area contributed by atoms with E-state index in [0.29, 0.717) is 0 Å². The molecular weight excluding hydrogens is 296 g/mol. The molecule has 0 aliphatic carbocycles. The number of aryl methyl sites for hydroxylation is 1. The molecule has 0 aliphatic heterocycles. The van der Waals surface area contributed by atoms with Crippen molar-refractivity contribution >= 4 is 33.5 Å². The molecule has 19 heavy (non-hydrogen) atoms. The van der Waals surface area contributed by atoms with Gasteiger partial charge in [0, 0.05) is 19.3 Å². The fourth-order valence-corrected chi connectivity index (χ4v) is 2.63. The molecule has 4 N–H and O–H groups in total. The summed E-state index contributed by atoms with van der Waals surface area (Å²) in [6, 6.07) is -0.278. The second kappa shape index (κ2) is 5.78. The Kier molecular flexibility index (Phi) is 4.80. The van der Waals surface area contributed by atoms with Gasteiger partial charge in [0.2, 0.25) is 0 Å². The summed E-state index contributed by atoms with van der Waals surface area (Å²) < 4.78 is 26.6. The van der Waals surface area contributed by atoms with E-state index in [1.807, 2.05) is 4.83 Å². The number of rotatable bonds is 6. The summed E-state index contributed by atoms with van der Waals surface area (Å²) in [5, 5.41) is 8.84. The van der Waals surface area contributed by atoms with E-state index in [2.05, 4.69) is 10.1 Å². The molecule has 10 heteroatoms. The molecule has 0 amide bonds. The van der Waals surface area contributed by atoms with Gasteiger partial charge in [0.15, 0.2) is 0 Å². The van der Waals surface area contributed by atoms with Crippen LogP contribution in [0.1, 0.15) is 24.3 Å². The molecule has 0 saturated carbocycles. The van der Waals surface area contributed by atoms with Crippen LogP contribution < -0.4 is 15.0 Å². The van der Waals surface area contributed by atoms with Crippen LogP contribution in [0.2, 0.25) is 5.02 Å². The zero-order valence-corrected chi connectivity index (χ0v) is 12.1. The number of hydrogen-bond donors (Lipinski definition) is 4. The summed E-state index contributed by atoms with van der Waals surface area (Å²) in [5.74, 6) is -1.20. The first-order valence-corrected chi connectivity index (χ1v) is 7.13. The molecule has 0 bridgehead atoms. The summed E-state index contributed by atoms with van der Waals surface area (Å²) in [5.41, 5.74) is 2.37. The Labute approximate surface area is 115 Å². The number of carboxylic acid groups (broad SMARTS) is 1. The topological polar surface area (TPSA) is 112 Å². The van der Waals surface area contributed by atoms with Crippen molar-refractivity contribution in [3.8, 4) is 0 Å². The number of aromatic nitrogens is 1. The Morgan fingerprint density at radius 2 is 2.05 bits per heavy atom. The SMILES string of the molecule is CC(C)NS(=O)(=O)NNc1cn(C)c(C(=O)O)c1Cl. The van der Waals surface area contributed by atoms with Gasteiger partial charge in [-0.05, 0) is 13.8 Å². The number of nitrogens with one attached hydrogen (secondary N) is 3. The number of carboxylic acids is 1. The maximum Gasteiger partial charge on any atom is 0.354 e. The normalized spacial score (nSPS) is 11.8. The molecule has 0 aliphatic rings. The predicted octanol–water partition coefficient (Wildman–Crippen LogP) is 0.536. The zero-order chi connectivity index (χ0) is 14.8. The quantitative estimate of drug-likeness (QED) is 0.573. The summed E-state index contributed by atoms with van der Waals surface area (Å²) >= 11 is 5.84. The summed E-state index contributed by atoms with van der Waals surface area (Å²) in [4.78, 5) is 13.0. The van der Waals surface area contributed by atoms with E-state index in [1.165, 1.54) is 17.8 Å². The van der Waals surface area contributed by atoms with Gasteiger partial charge in [-0.2, -0.15) is 13.1 Å². The Bertz CT molecular complexity index is 581. The smallest absolute Gasteiger partial charge is 0.354 e. The minimum atomic E-state index is -3.75. The van der Waals surface area contributed by atoms with Crippen LogP contribution in [0.5, 0.6) is 0 Å². The molecule has 0 aromatic carbocycles. The standard InChI is InChI=1S/C9H15ClN4O4S/c1-5(2)12-19(17,18)13-11-6-4-14(3)8(7(6)10)9(15)16/h4-5,11-13H,1-3H3,(H,15,16). The Balaban J connectivity index is 2.85. The van der Waals surface area contributed by atoms with Gasteiger partial charge in [-0.25, -0.2) is 4.79 Å². The van der Waals surface area contributed by atoms with Crippen LogP contribution in [0.15, 0.2) is 6.20 Å². The van der Waals surface area contributed by atoms with Crippen molar-refractivity contribution in [1.82, 2.24) is 14.1 Å². The maximum atomic E-state index is 11.5. The molecule has 0 unspecified atom stereocenters. The van der Waals surface area contributed by atoms with Crippen molar-refractivity contribution in [2.45, 2.75) is 19.9 Å². The van der Waals surface area contributed by atoms with Gasteiger partial charge in [0.25, 0.3) is 10.2 Å². The van der Waals surface area contributed by atoms with E-state index < -0.39 is 16.2 Å². The van der Waals surface area contributed by atoms with Crippen LogP contribution in [-0.4, -0.2) is 30.1 Å². The van der Waals surface area contributed by atoms with E-state index in [4.69, 9.17) is 16.7 Å². The highest BCUT2D eigenvalue weighted by molar-refractivity contribution is 7.87. The van der Waals surface area contributed by atoms with Crippen LogP contribution in [0.3, 0.4) is 0 Å². The molecule has 0 spiro atoms. The van der Waals surface area contributed by atoms with E-state index in [9.17, 15) is 13.2 Å². The Hall–Kier alpha value is -1.29. The maximum absolute atomic E-state index is 11.5. The predicted molar refractivity (Wildman–Crippen MR) is 71.3 cm³/mol. The molecule has 1 aromatic heterocycles. The van der Waals surface area contributed by atoms with Gasteiger partial charge >= 0.3 is 5.97 Å². The van der Waals surface area contributed by atoms with Gasteiger partial charge < -0.3 is 15.1 Å². The second-order valence-corrected chi connectivity index (χ2v) is 5.95. The molecular formula is C9H15ClN4O4S. The first kappa shape index (κ1) is 15.8. The monoisotopic (exact) mass is 310 g/mol. The average molecular weight is 311 g/mol. The summed E-state index contributed by atoms with van der Waals surface area (Å²) in [6.07, 6.45) is 1.36. The van der Waals surface area contributed by atoms with Crippen LogP contribution in [0, 0.1) is 0 Å². The van der Waals surface area contributed by atoms with Crippen molar-refractivity contribution in [3.05, 3.63) is 16.9 Å². The van der Waals surface area contributed by atoms with Gasteiger partial charge in [-0.15, -0.1) is 4.83 Å². The molecule has 0 saturated heterocycles. The second-order valence-electron chi connectivity index (χ2n) is 4.12. The van der Waals surface area contributed by atoms with E-state index in [-0.39, 0.29) is 22.4 Å². The van der Waals surface area contributed by atoms with Crippen LogP contribution >= 0.6 is 11.6 Å². The third-order valence-electron chi connectivity index (χ3n) is 2.03. The first-order valence-electron chi connectivity index (χ1n) is 5.27. The lowest BCUT2D eigenvalue weighted by molar-refractivity contribution is 0.0687. The van der Waals surface area contributed by atoms with Crippen LogP contribution in [-0.2, 0) is 17.3 Å². The third kappa shape index (κ3) is 4.10. The first-order chi connectivity index (χ1) is 8.64. The van der Waals surface area contributed by atoms with Crippen molar-refractivity contribution < 1.29 is 18.3 Å². The highest BCUT2D eigenvalue weighted by Crippen LogP contribution is 2.27. The van der Waals surface area contributed by atoms with Gasteiger partial charge in [-0.1, -0.05) is 11.6 Å². The lowest BCUT2D eigenvalue weighted by atomic mass is 10.4. The number of halogens is 1. The minimum Gasteiger partial charge on any atom is -0.477 e. The van der Waals surface area contributed by atoms with E-state index in [1.54, 1.807) is 13.8 Å². The average Bonchev–Trinajstić information content (AvgIpc) is 2.49. The van der Waals surface area contributed by atoms with Crippen LogP contribution in [0.4, 0.5) is 5.69 Å². The highest BCUT2D eigenvalue weighted by Gasteiger charge is 2.19. The number of hydrogen-bond acceptors (Lipinski definition) is 4. The summed E-state index contributed by atoms with van der Waals surface area (Å²) in [6.45, 7) is 3.33. The molecule has 0 radical (unpaired) electrons. The van der Waals surface area contributed by atoms with Crippen LogP contribution in [0.25, 0.3) is 0 Å². The molecule has 1 aromatic rings. The fourth-order valence-electron chi connectivity index (χ4n) is 1.39. The molecule has 1 heterocycles. The van der Waals surface area contributed by atoms with Gasteiger partial charge in [0.1, 0.15) is 5.69 Å². The van der Waals surface area contributed by atoms with Crippen molar-refractivity contribution in [2.75, 3.05) is 5.43 Å². The number of carbonyl (C=O) groups is 1. The van der Waals surface area contributed by atoms with Gasteiger partial charge in [-0.3, -0.25) is 0 Å². The number of hydrazine groups is 1. The molecule has 108 valence electrons. The largest absolute Gasteiger partial charge is 0.477 e. The van der Waals surface area contributed by atoms with Crippen molar-refractivity contribution in [3.63, 3.8) is 0 Å². The Morgan fingerprint density at radius 3 is 2.47 bits per heavy atom. The Morgan fingerprint density at radius 1 is 1.47 bits per heavy atom. The lowest BCUT2D eigenvalue weighted by Gasteiger charge is -2.11. The molecule has 0 fully saturated rings. The van der Waals surface area contributed by atoms with Crippen molar-refractivity contribution in [1.29, 1.82) is 0 Å². The zero-order valence-electron chi connectivity index (χ0n) is 10.6. The van der Waals surface area contributed by atoms with E-state index >= 15 is 0 Å². The summed E-state index contributed by atoms with van der Waals surface area (Å²) in [7, 11) is -2.26.